The van der Waals surface area contributed by atoms with Crippen LogP contribution in [-0.2, 0) is 6.54 Å². The second-order valence-electron chi connectivity index (χ2n) is 4.20. The van der Waals surface area contributed by atoms with E-state index in [0.29, 0.717) is 0 Å². The molecule has 0 saturated heterocycles. The van der Waals surface area contributed by atoms with Gasteiger partial charge in [0.15, 0.2) is 0 Å². The summed E-state index contributed by atoms with van der Waals surface area (Å²) in [5.74, 6) is 0. The van der Waals surface area contributed by atoms with E-state index >= 15 is 0 Å². The van der Waals surface area contributed by atoms with Crippen molar-refractivity contribution in [3.05, 3.63) is 58.6 Å². The van der Waals surface area contributed by atoms with Crippen molar-refractivity contribution in [1.29, 1.82) is 0 Å². The van der Waals surface area contributed by atoms with Gasteiger partial charge in [-0.2, -0.15) is 0 Å². The summed E-state index contributed by atoms with van der Waals surface area (Å²) in [6.07, 6.45) is 0. The van der Waals surface area contributed by atoms with Gasteiger partial charge >= 0.3 is 0 Å². The minimum Gasteiger partial charge on any atom is -0.316 e. The van der Waals surface area contributed by atoms with Crippen molar-refractivity contribution < 1.29 is 0 Å². The van der Waals surface area contributed by atoms with Gasteiger partial charge in [-0.3, -0.25) is 0 Å². The Balaban J connectivity index is 2.26. The first-order valence-electron chi connectivity index (χ1n) is 5.86. The maximum Gasteiger partial charge on any atom is 0.0417 e. The van der Waals surface area contributed by atoms with E-state index in [1.807, 2.05) is 19.2 Å². The molecule has 0 radical (unpaired) electrons. The maximum absolute atomic E-state index is 6.07. The molecule has 0 fully saturated rings. The molecule has 0 aliphatic carbocycles. The zero-order valence-corrected chi connectivity index (χ0v) is 12.1. The highest BCUT2D eigenvalue weighted by atomic mass is 35.5. The summed E-state index contributed by atoms with van der Waals surface area (Å²) in [6.45, 7) is 2.95. The Morgan fingerprint density at radius 3 is 2.50 bits per heavy atom. The predicted octanol–water partition coefficient (Wildman–Crippen LogP) is 4.52. The normalized spacial score (nSPS) is 10.6. The Hall–Kier alpha value is -0.960. The topological polar surface area (TPSA) is 12.0 Å². The molecular formula is C15H16ClNS. The van der Waals surface area contributed by atoms with E-state index in [2.05, 4.69) is 42.6 Å². The molecule has 1 nitrogen and oxygen atoms in total. The van der Waals surface area contributed by atoms with Gasteiger partial charge in [0.05, 0.1) is 0 Å². The molecule has 2 aromatic rings. The van der Waals surface area contributed by atoms with Gasteiger partial charge in [0.1, 0.15) is 0 Å². The molecule has 0 bridgehead atoms. The average molecular weight is 278 g/mol. The van der Waals surface area contributed by atoms with Gasteiger partial charge in [-0.15, -0.1) is 0 Å². The quantitative estimate of drug-likeness (QED) is 0.882. The van der Waals surface area contributed by atoms with Crippen LogP contribution in [0.25, 0.3) is 0 Å². The third kappa shape index (κ3) is 3.52. The van der Waals surface area contributed by atoms with Crippen molar-refractivity contribution in [2.45, 2.75) is 23.3 Å². The van der Waals surface area contributed by atoms with Crippen molar-refractivity contribution in [3.63, 3.8) is 0 Å². The second-order valence-corrected chi connectivity index (χ2v) is 5.75. The van der Waals surface area contributed by atoms with Crippen molar-refractivity contribution in [1.82, 2.24) is 5.32 Å². The Kier molecular flexibility index (Phi) is 4.70. The minimum atomic E-state index is 0.782. The molecule has 0 aliphatic heterocycles. The van der Waals surface area contributed by atoms with E-state index in [1.54, 1.807) is 11.8 Å². The summed E-state index contributed by atoms with van der Waals surface area (Å²) in [4.78, 5) is 2.45. The van der Waals surface area contributed by atoms with Crippen LogP contribution in [-0.4, -0.2) is 7.05 Å². The van der Waals surface area contributed by atoms with Gasteiger partial charge in [-0.1, -0.05) is 47.1 Å². The second kappa shape index (κ2) is 6.28. The summed E-state index contributed by atoms with van der Waals surface area (Å²) >= 11 is 7.83. The van der Waals surface area contributed by atoms with Crippen LogP contribution >= 0.6 is 23.4 Å². The van der Waals surface area contributed by atoms with Crippen LogP contribution in [0, 0.1) is 6.92 Å². The van der Waals surface area contributed by atoms with Crippen LogP contribution in [0.15, 0.2) is 52.3 Å². The van der Waals surface area contributed by atoms with Crippen LogP contribution in [0.4, 0.5) is 0 Å². The van der Waals surface area contributed by atoms with E-state index in [1.165, 1.54) is 20.9 Å². The smallest absolute Gasteiger partial charge is 0.0417 e. The van der Waals surface area contributed by atoms with Crippen molar-refractivity contribution in [3.8, 4) is 0 Å². The lowest BCUT2D eigenvalue weighted by atomic mass is 10.2. The predicted molar refractivity (Wildman–Crippen MR) is 79.5 cm³/mol. The first-order chi connectivity index (χ1) is 8.69. The number of hydrogen-bond donors (Lipinski definition) is 1. The average Bonchev–Trinajstić information content (AvgIpc) is 2.36. The maximum atomic E-state index is 6.07. The number of benzene rings is 2. The van der Waals surface area contributed by atoms with Gasteiger partial charge in [0.25, 0.3) is 0 Å². The standard InChI is InChI=1S/C15H16ClNS/c1-11-3-7-14(8-4-11)18-15-9-13(16)6-5-12(15)10-17-2/h3-9,17H,10H2,1-2H3. The molecule has 0 unspecified atom stereocenters. The molecule has 94 valence electrons. The highest BCUT2D eigenvalue weighted by Crippen LogP contribution is 2.32. The number of rotatable bonds is 4. The van der Waals surface area contributed by atoms with Crippen LogP contribution in [0.2, 0.25) is 5.02 Å². The Labute approximate surface area is 118 Å². The van der Waals surface area contributed by atoms with Crippen LogP contribution in [0.3, 0.4) is 0 Å². The molecule has 2 rings (SSSR count). The van der Waals surface area contributed by atoms with E-state index in [0.717, 1.165) is 11.6 Å². The largest absolute Gasteiger partial charge is 0.316 e. The third-order valence-corrected chi connectivity index (χ3v) is 3.99. The number of hydrogen-bond acceptors (Lipinski definition) is 2. The van der Waals surface area contributed by atoms with Gasteiger partial charge in [0.2, 0.25) is 0 Å². The molecule has 0 heterocycles. The number of nitrogens with one attached hydrogen (secondary N) is 1. The van der Waals surface area contributed by atoms with Crippen LogP contribution in [0.1, 0.15) is 11.1 Å². The Morgan fingerprint density at radius 2 is 1.83 bits per heavy atom. The SMILES string of the molecule is CNCc1ccc(Cl)cc1Sc1ccc(C)cc1. The van der Waals surface area contributed by atoms with Crippen molar-refractivity contribution in [2.24, 2.45) is 0 Å². The molecule has 2 aromatic carbocycles. The molecular weight excluding hydrogens is 262 g/mol. The molecule has 0 spiro atoms. The first-order valence-corrected chi connectivity index (χ1v) is 7.06. The van der Waals surface area contributed by atoms with Crippen LogP contribution in [0.5, 0.6) is 0 Å². The zero-order chi connectivity index (χ0) is 13.0. The molecule has 3 heteroatoms. The molecule has 0 atom stereocenters. The van der Waals surface area contributed by atoms with Gasteiger partial charge in [-0.25, -0.2) is 0 Å². The third-order valence-electron chi connectivity index (χ3n) is 2.65. The number of aryl methyl sites for hydroxylation is 1. The lowest BCUT2D eigenvalue weighted by Gasteiger charge is -2.09. The summed E-state index contributed by atoms with van der Waals surface area (Å²) in [5.41, 5.74) is 2.55. The molecule has 0 aromatic heterocycles. The summed E-state index contributed by atoms with van der Waals surface area (Å²) in [6, 6.07) is 14.6. The summed E-state index contributed by atoms with van der Waals surface area (Å²) in [5, 5.41) is 3.96. The molecule has 0 amide bonds. The van der Waals surface area contributed by atoms with E-state index in [4.69, 9.17) is 11.6 Å². The van der Waals surface area contributed by atoms with Gasteiger partial charge < -0.3 is 5.32 Å². The molecule has 0 saturated carbocycles. The molecule has 18 heavy (non-hydrogen) atoms. The fraction of sp³-hybridized carbons (Fsp3) is 0.200. The van der Waals surface area contributed by atoms with Gasteiger partial charge in [0, 0.05) is 21.4 Å². The van der Waals surface area contributed by atoms with Crippen molar-refractivity contribution >= 4 is 23.4 Å². The fourth-order valence-corrected chi connectivity index (χ4v) is 2.91. The summed E-state index contributed by atoms with van der Waals surface area (Å²) < 4.78 is 0. The molecule has 1 N–H and O–H groups in total. The highest BCUT2D eigenvalue weighted by molar-refractivity contribution is 7.99. The lowest BCUT2D eigenvalue weighted by molar-refractivity contribution is 0.803. The first kappa shape index (κ1) is 13.5. The van der Waals surface area contributed by atoms with E-state index in [-0.39, 0.29) is 0 Å². The van der Waals surface area contributed by atoms with Crippen LogP contribution < -0.4 is 5.32 Å². The lowest BCUT2D eigenvalue weighted by Crippen LogP contribution is -2.05. The highest BCUT2D eigenvalue weighted by Gasteiger charge is 2.05. The number of halogens is 1. The fourth-order valence-electron chi connectivity index (χ4n) is 1.69. The Bertz CT molecular complexity index is 523. The zero-order valence-electron chi connectivity index (χ0n) is 10.5. The minimum absolute atomic E-state index is 0.782. The summed E-state index contributed by atoms with van der Waals surface area (Å²) in [7, 11) is 1.95. The van der Waals surface area contributed by atoms with Crippen molar-refractivity contribution in [2.75, 3.05) is 7.05 Å². The van der Waals surface area contributed by atoms with E-state index < -0.39 is 0 Å². The Morgan fingerprint density at radius 1 is 1.11 bits per heavy atom. The monoisotopic (exact) mass is 277 g/mol. The van der Waals surface area contributed by atoms with Gasteiger partial charge in [-0.05, 0) is 43.8 Å². The van der Waals surface area contributed by atoms with E-state index in [9.17, 15) is 0 Å². The molecule has 0 aliphatic rings.